The minimum absolute atomic E-state index is 0.0387. The first kappa shape index (κ1) is 14.9. The van der Waals surface area contributed by atoms with Gasteiger partial charge in [-0.15, -0.1) is 0 Å². The van der Waals surface area contributed by atoms with E-state index in [0.717, 1.165) is 25.7 Å². The van der Waals surface area contributed by atoms with E-state index in [1.54, 1.807) is 11.4 Å². The van der Waals surface area contributed by atoms with Crippen LogP contribution in [0.15, 0.2) is 0 Å². The Labute approximate surface area is 105 Å². The van der Waals surface area contributed by atoms with Crippen LogP contribution >= 0.6 is 0 Å². The lowest BCUT2D eigenvalue weighted by Crippen LogP contribution is -2.43. The molecule has 17 heavy (non-hydrogen) atoms. The summed E-state index contributed by atoms with van der Waals surface area (Å²) in [6.45, 7) is 3.71. The molecule has 6 heteroatoms. The van der Waals surface area contributed by atoms with Gasteiger partial charge in [-0.25, -0.2) is 0 Å². The summed E-state index contributed by atoms with van der Waals surface area (Å²) in [6.07, 6.45) is 4.91. The number of hydrogen-bond acceptors (Lipinski definition) is 3. The van der Waals surface area contributed by atoms with Crippen LogP contribution in [0.5, 0.6) is 0 Å². The van der Waals surface area contributed by atoms with E-state index in [0.29, 0.717) is 26.1 Å². The van der Waals surface area contributed by atoms with Crippen molar-refractivity contribution < 1.29 is 8.42 Å². The fraction of sp³-hybridized carbons (Fsp3) is 1.00. The van der Waals surface area contributed by atoms with Crippen LogP contribution in [0.3, 0.4) is 0 Å². The van der Waals surface area contributed by atoms with Crippen molar-refractivity contribution >= 4 is 10.2 Å². The molecule has 1 fully saturated rings. The van der Waals surface area contributed by atoms with Crippen molar-refractivity contribution in [2.75, 3.05) is 26.7 Å². The highest BCUT2D eigenvalue weighted by molar-refractivity contribution is 7.86. The minimum Gasteiger partial charge on any atom is -0.328 e. The van der Waals surface area contributed by atoms with Crippen LogP contribution < -0.4 is 5.73 Å². The van der Waals surface area contributed by atoms with Gasteiger partial charge in [0.25, 0.3) is 10.2 Å². The van der Waals surface area contributed by atoms with Crippen molar-refractivity contribution in [3.8, 4) is 0 Å². The summed E-state index contributed by atoms with van der Waals surface area (Å²) >= 11 is 0. The molecule has 0 aromatic rings. The maximum absolute atomic E-state index is 12.3. The molecule has 1 saturated heterocycles. The van der Waals surface area contributed by atoms with Gasteiger partial charge in [-0.1, -0.05) is 12.8 Å². The Bertz CT molecular complexity index is 309. The second-order valence-corrected chi connectivity index (χ2v) is 6.94. The SMILES string of the molecule is CC(N)CCN(C)S(=O)(=O)N1CCCCCC1. The normalized spacial score (nSPS) is 21.4. The Hall–Kier alpha value is -0.170. The molecular weight excluding hydrogens is 238 g/mol. The second kappa shape index (κ2) is 6.68. The number of nitrogens with zero attached hydrogens (tertiary/aromatic N) is 2. The summed E-state index contributed by atoms with van der Waals surface area (Å²) in [7, 11) is -1.63. The topological polar surface area (TPSA) is 66.6 Å². The third-order valence-corrected chi connectivity index (χ3v) is 5.17. The van der Waals surface area contributed by atoms with E-state index in [9.17, 15) is 8.42 Å². The monoisotopic (exact) mass is 263 g/mol. The van der Waals surface area contributed by atoms with Crippen molar-refractivity contribution in [3.05, 3.63) is 0 Å². The van der Waals surface area contributed by atoms with Gasteiger partial charge in [0.15, 0.2) is 0 Å². The Morgan fingerprint density at radius 3 is 2.24 bits per heavy atom. The largest absolute Gasteiger partial charge is 0.328 e. The van der Waals surface area contributed by atoms with Crippen molar-refractivity contribution in [1.82, 2.24) is 8.61 Å². The fourth-order valence-corrected chi connectivity index (χ4v) is 3.42. The van der Waals surface area contributed by atoms with Gasteiger partial charge >= 0.3 is 0 Å². The number of hydrogen-bond donors (Lipinski definition) is 1. The van der Waals surface area contributed by atoms with Crippen LogP contribution in [0.2, 0.25) is 0 Å². The van der Waals surface area contributed by atoms with Gasteiger partial charge in [-0.05, 0) is 26.2 Å². The molecule has 0 aliphatic carbocycles. The first-order chi connectivity index (χ1) is 7.94. The summed E-state index contributed by atoms with van der Waals surface area (Å²) in [4.78, 5) is 0. The molecule has 0 amide bonds. The molecular formula is C11H25N3O2S. The second-order valence-electron chi connectivity index (χ2n) is 4.91. The first-order valence-corrected chi connectivity index (χ1v) is 7.81. The van der Waals surface area contributed by atoms with E-state index in [1.165, 1.54) is 4.31 Å². The van der Waals surface area contributed by atoms with Gasteiger partial charge in [0, 0.05) is 32.7 Å². The smallest absolute Gasteiger partial charge is 0.281 e. The average Bonchev–Trinajstić information content (AvgIpc) is 2.54. The molecule has 0 radical (unpaired) electrons. The molecule has 0 aromatic heterocycles. The fourth-order valence-electron chi connectivity index (χ4n) is 1.97. The van der Waals surface area contributed by atoms with Crippen molar-refractivity contribution in [3.63, 3.8) is 0 Å². The molecule has 1 rings (SSSR count). The number of nitrogens with two attached hydrogens (primary N) is 1. The lowest BCUT2D eigenvalue weighted by Gasteiger charge is -2.26. The van der Waals surface area contributed by atoms with Gasteiger partial charge in [0.05, 0.1) is 0 Å². The summed E-state index contributed by atoms with van der Waals surface area (Å²) in [5.74, 6) is 0. The molecule has 102 valence electrons. The predicted molar refractivity (Wildman–Crippen MR) is 69.9 cm³/mol. The van der Waals surface area contributed by atoms with E-state index in [4.69, 9.17) is 5.73 Å². The average molecular weight is 263 g/mol. The maximum Gasteiger partial charge on any atom is 0.281 e. The lowest BCUT2D eigenvalue weighted by atomic mass is 10.2. The highest BCUT2D eigenvalue weighted by Crippen LogP contribution is 2.15. The maximum atomic E-state index is 12.3. The van der Waals surface area contributed by atoms with Gasteiger partial charge in [-0.2, -0.15) is 17.0 Å². The van der Waals surface area contributed by atoms with Crippen LogP contribution in [-0.2, 0) is 10.2 Å². The number of rotatable bonds is 5. The molecule has 2 N–H and O–H groups in total. The molecule has 0 spiro atoms. The van der Waals surface area contributed by atoms with Crippen LogP contribution in [-0.4, -0.2) is 49.8 Å². The Balaban J connectivity index is 2.58. The zero-order valence-electron chi connectivity index (χ0n) is 10.9. The Morgan fingerprint density at radius 2 is 1.76 bits per heavy atom. The molecule has 1 aliphatic heterocycles. The van der Waals surface area contributed by atoms with Gasteiger partial charge < -0.3 is 5.73 Å². The van der Waals surface area contributed by atoms with Crippen LogP contribution in [0.4, 0.5) is 0 Å². The quantitative estimate of drug-likeness (QED) is 0.797. The van der Waals surface area contributed by atoms with Gasteiger partial charge in [-0.3, -0.25) is 0 Å². The molecule has 0 saturated carbocycles. The Kier molecular flexibility index (Phi) is 5.85. The summed E-state index contributed by atoms with van der Waals surface area (Å²) in [5.41, 5.74) is 5.65. The van der Waals surface area contributed by atoms with Crippen LogP contribution in [0.1, 0.15) is 39.0 Å². The molecule has 0 bridgehead atoms. The Morgan fingerprint density at radius 1 is 1.24 bits per heavy atom. The highest BCUT2D eigenvalue weighted by atomic mass is 32.2. The van der Waals surface area contributed by atoms with E-state index in [-0.39, 0.29) is 6.04 Å². The minimum atomic E-state index is -3.27. The lowest BCUT2D eigenvalue weighted by molar-refractivity contribution is 0.359. The third kappa shape index (κ3) is 4.54. The van der Waals surface area contributed by atoms with E-state index in [1.807, 2.05) is 6.92 Å². The van der Waals surface area contributed by atoms with Gasteiger partial charge in [0.2, 0.25) is 0 Å². The van der Waals surface area contributed by atoms with Crippen molar-refractivity contribution in [1.29, 1.82) is 0 Å². The highest BCUT2D eigenvalue weighted by Gasteiger charge is 2.27. The molecule has 1 heterocycles. The molecule has 0 aromatic carbocycles. The standard InChI is InChI=1S/C11H25N3O2S/c1-11(12)7-10-13(2)17(15,16)14-8-5-3-4-6-9-14/h11H,3-10,12H2,1-2H3. The van der Waals surface area contributed by atoms with E-state index < -0.39 is 10.2 Å². The molecule has 5 nitrogen and oxygen atoms in total. The summed E-state index contributed by atoms with van der Waals surface area (Å²) in [5, 5.41) is 0. The van der Waals surface area contributed by atoms with Crippen LogP contribution in [0.25, 0.3) is 0 Å². The van der Waals surface area contributed by atoms with Crippen molar-refractivity contribution in [2.45, 2.75) is 45.1 Å². The predicted octanol–water partition coefficient (Wildman–Crippen LogP) is 0.776. The molecule has 1 aliphatic rings. The van der Waals surface area contributed by atoms with E-state index >= 15 is 0 Å². The zero-order chi connectivity index (χ0) is 12.9. The molecule has 1 unspecified atom stereocenters. The molecule has 1 atom stereocenters. The van der Waals surface area contributed by atoms with Gasteiger partial charge in [0.1, 0.15) is 0 Å². The summed E-state index contributed by atoms with van der Waals surface area (Å²) in [6, 6.07) is 0.0387. The third-order valence-electron chi connectivity index (χ3n) is 3.18. The van der Waals surface area contributed by atoms with E-state index in [2.05, 4.69) is 0 Å². The summed E-state index contributed by atoms with van der Waals surface area (Å²) < 4.78 is 27.6. The van der Waals surface area contributed by atoms with Crippen LogP contribution in [0, 0.1) is 0 Å². The van der Waals surface area contributed by atoms with Crippen molar-refractivity contribution in [2.24, 2.45) is 5.73 Å². The first-order valence-electron chi connectivity index (χ1n) is 6.41. The zero-order valence-corrected chi connectivity index (χ0v) is 11.7.